The van der Waals surface area contributed by atoms with E-state index in [9.17, 15) is 9.59 Å². The lowest BCUT2D eigenvalue weighted by atomic mass is 10.2. The van der Waals surface area contributed by atoms with Crippen LogP contribution in [0, 0.1) is 0 Å². The van der Waals surface area contributed by atoms with Crippen LogP contribution in [0.2, 0.25) is 0 Å². The average Bonchev–Trinajstić information content (AvgIpc) is 2.35. The van der Waals surface area contributed by atoms with E-state index in [-0.39, 0.29) is 25.7 Å². The number of hydrogen-bond donors (Lipinski definition) is 1. The van der Waals surface area contributed by atoms with E-state index in [1.807, 2.05) is 0 Å². The molecule has 0 radical (unpaired) electrons. The maximum Gasteiger partial charge on any atom is 0.411 e. The first kappa shape index (κ1) is 14.0. The first-order valence-corrected chi connectivity index (χ1v) is 5.42. The van der Waals surface area contributed by atoms with E-state index in [0.29, 0.717) is 5.69 Å². The van der Waals surface area contributed by atoms with Gasteiger partial charge in [-0.1, -0.05) is 12.1 Å². The van der Waals surface area contributed by atoms with Gasteiger partial charge in [-0.2, -0.15) is 0 Å². The number of ether oxygens (including phenoxy) is 2. The van der Waals surface area contributed by atoms with Gasteiger partial charge < -0.3 is 15.2 Å². The minimum atomic E-state index is -0.588. The lowest BCUT2D eigenvalue weighted by Crippen LogP contribution is -2.15. The maximum atomic E-state index is 11.2. The lowest BCUT2D eigenvalue weighted by molar-refractivity contribution is -0.142. The van der Waals surface area contributed by atoms with Crippen LogP contribution in [0.3, 0.4) is 0 Å². The minimum Gasteiger partial charge on any atom is -0.675 e. The second-order valence-electron chi connectivity index (χ2n) is 3.49. The Morgan fingerprint density at radius 1 is 1.22 bits per heavy atom. The highest BCUT2D eigenvalue weighted by Gasteiger charge is 2.02. The minimum absolute atomic E-state index is 0.0365. The Bertz CT molecular complexity index is 403. The van der Waals surface area contributed by atoms with E-state index in [1.165, 1.54) is 6.92 Å². The zero-order valence-electron chi connectivity index (χ0n) is 10.1. The van der Waals surface area contributed by atoms with Crippen molar-refractivity contribution in [3.05, 3.63) is 35.6 Å². The van der Waals surface area contributed by atoms with E-state index < -0.39 is 6.09 Å². The van der Waals surface area contributed by atoms with E-state index in [4.69, 9.17) is 15.2 Å². The van der Waals surface area contributed by atoms with Crippen LogP contribution < -0.4 is 5.32 Å². The molecule has 6 heteroatoms. The molecule has 0 atom stereocenters. The van der Waals surface area contributed by atoms with Gasteiger partial charge in [-0.15, -0.1) is 6.54 Å². The summed E-state index contributed by atoms with van der Waals surface area (Å²) in [6.45, 7) is 1.66. The highest BCUT2D eigenvalue weighted by Crippen LogP contribution is 2.10. The Hall–Kier alpha value is -2.08. The molecule has 0 heterocycles. The summed E-state index contributed by atoms with van der Waals surface area (Å²) in [6.07, 6.45) is -0.588. The molecular weight excluding hydrogens is 236 g/mol. The molecule has 6 nitrogen and oxygen atoms in total. The van der Waals surface area contributed by atoms with Crippen molar-refractivity contribution in [2.24, 2.45) is 0 Å². The normalized spacial score (nSPS) is 9.67. The van der Waals surface area contributed by atoms with Gasteiger partial charge >= 0.3 is 12.1 Å². The van der Waals surface area contributed by atoms with Gasteiger partial charge in [0, 0.05) is 12.6 Å². The summed E-state index contributed by atoms with van der Waals surface area (Å²) in [4.78, 5) is 21.8. The molecule has 0 aliphatic rings. The molecule has 0 aromatic heterocycles. The van der Waals surface area contributed by atoms with Gasteiger partial charge in [-0.3, -0.25) is 10.1 Å². The SMILES string of the molecule is CC(=O)OCc1ccc(NC(=O)OCC[NH-])cc1. The number of carbonyl (C=O) groups is 2. The molecule has 0 spiro atoms. The topological polar surface area (TPSA) is 88.4 Å². The first-order valence-electron chi connectivity index (χ1n) is 5.42. The Kier molecular flexibility index (Phi) is 5.66. The summed E-state index contributed by atoms with van der Waals surface area (Å²) >= 11 is 0. The van der Waals surface area contributed by atoms with Crippen LogP contribution in [0.5, 0.6) is 0 Å². The average molecular weight is 251 g/mol. The molecule has 0 aliphatic heterocycles. The van der Waals surface area contributed by atoms with Crippen molar-refractivity contribution in [1.82, 2.24) is 0 Å². The summed E-state index contributed by atoms with van der Waals surface area (Å²) in [5.41, 5.74) is 8.25. The number of esters is 1. The maximum absolute atomic E-state index is 11.2. The molecule has 0 fully saturated rings. The van der Waals surface area contributed by atoms with Gasteiger partial charge in [0.15, 0.2) is 0 Å². The molecule has 1 rings (SSSR count). The fraction of sp³-hybridized carbons (Fsp3) is 0.333. The Morgan fingerprint density at radius 3 is 2.44 bits per heavy atom. The molecule has 1 aromatic rings. The first-order chi connectivity index (χ1) is 8.61. The van der Waals surface area contributed by atoms with Crippen molar-refractivity contribution >= 4 is 17.7 Å². The molecule has 0 bridgehead atoms. The standard InChI is InChI=1S/C12H15N2O4/c1-9(15)18-8-10-2-4-11(5-3-10)14-12(16)17-7-6-13/h2-5,13H,6-8H2,1H3,(H,14,16)/q-1. The predicted molar refractivity (Wildman–Crippen MR) is 66.1 cm³/mol. The summed E-state index contributed by atoms with van der Waals surface area (Å²) in [7, 11) is 0. The molecule has 98 valence electrons. The summed E-state index contributed by atoms with van der Waals surface area (Å²) in [5.74, 6) is -0.337. The third kappa shape index (κ3) is 5.31. The van der Waals surface area contributed by atoms with Gasteiger partial charge in [0.1, 0.15) is 6.61 Å². The van der Waals surface area contributed by atoms with Crippen molar-refractivity contribution in [2.75, 3.05) is 18.5 Å². The van der Waals surface area contributed by atoms with Gasteiger partial charge in [0.05, 0.1) is 6.61 Å². The Balaban J connectivity index is 2.44. The molecule has 1 aromatic carbocycles. The fourth-order valence-electron chi connectivity index (χ4n) is 1.17. The van der Waals surface area contributed by atoms with Crippen molar-refractivity contribution in [3.8, 4) is 0 Å². The Morgan fingerprint density at radius 2 is 1.89 bits per heavy atom. The molecule has 1 amide bonds. The second-order valence-corrected chi connectivity index (χ2v) is 3.49. The van der Waals surface area contributed by atoms with Crippen molar-refractivity contribution < 1.29 is 19.1 Å². The number of carbonyl (C=O) groups excluding carboxylic acids is 2. The van der Waals surface area contributed by atoms with Crippen LogP contribution in [0.15, 0.2) is 24.3 Å². The molecule has 0 saturated heterocycles. The fourth-order valence-corrected chi connectivity index (χ4v) is 1.17. The van der Waals surface area contributed by atoms with Crippen LogP contribution in [0.1, 0.15) is 12.5 Å². The van der Waals surface area contributed by atoms with E-state index in [0.717, 1.165) is 5.56 Å². The molecule has 0 saturated carbocycles. The van der Waals surface area contributed by atoms with Gasteiger partial charge in [-0.25, -0.2) is 4.79 Å². The summed E-state index contributed by atoms with van der Waals surface area (Å²) < 4.78 is 9.53. The number of hydrogen-bond acceptors (Lipinski definition) is 4. The third-order valence-corrected chi connectivity index (χ3v) is 1.98. The summed E-state index contributed by atoms with van der Waals surface area (Å²) in [6, 6.07) is 6.84. The number of benzene rings is 1. The highest BCUT2D eigenvalue weighted by atomic mass is 16.5. The van der Waals surface area contributed by atoms with Crippen molar-refractivity contribution in [1.29, 1.82) is 0 Å². The van der Waals surface area contributed by atoms with Crippen LogP contribution in [-0.2, 0) is 20.9 Å². The lowest BCUT2D eigenvalue weighted by Gasteiger charge is -2.08. The number of amides is 1. The molecule has 18 heavy (non-hydrogen) atoms. The van der Waals surface area contributed by atoms with Crippen LogP contribution in [0.25, 0.3) is 5.73 Å². The number of anilines is 1. The highest BCUT2D eigenvalue weighted by molar-refractivity contribution is 5.84. The van der Waals surface area contributed by atoms with E-state index in [2.05, 4.69) is 5.32 Å². The van der Waals surface area contributed by atoms with E-state index in [1.54, 1.807) is 24.3 Å². The van der Waals surface area contributed by atoms with Crippen LogP contribution >= 0.6 is 0 Å². The van der Waals surface area contributed by atoms with Crippen molar-refractivity contribution in [2.45, 2.75) is 13.5 Å². The smallest absolute Gasteiger partial charge is 0.411 e. The molecule has 0 aliphatic carbocycles. The number of nitrogens with one attached hydrogen (secondary N) is 2. The largest absolute Gasteiger partial charge is 0.675 e. The van der Waals surface area contributed by atoms with Gasteiger partial charge in [0.2, 0.25) is 0 Å². The van der Waals surface area contributed by atoms with Gasteiger partial charge in [0.25, 0.3) is 0 Å². The summed E-state index contributed by atoms with van der Waals surface area (Å²) in [5, 5.41) is 2.52. The molecule has 0 unspecified atom stereocenters. The number of rotatable bonds is 5. The van der Waals surface area contributed by atoms with Crippen LogP contribution in [-0.4, -0.2) is 25.2 Å². The third-order valence-electron chi connectivity index (χ3n) is 1.98. The van der Waals surface area contributed by atoms with E-state index >= 15 is 0 Å². The molecule has 2 N–H and O–H groups in total. The molecular formula is C12H15N2O4-. The quantitative estimate of drug-likeness (QED) is 0.813. The van der Waals surface area contributed by atoms with Crippen LogP contribution in [0.4, 0.5) is 10.5 Å². The van der Waals surface area contributed by atoms with Gasteiger partial charge in [-0.05, 0) is 17.7 Å². The zero-order valence-corrected chi connectivity index (χ0v) is 10.1. The monoisotopic (exact) mass is 251 g/mol. The van der Waals surface area contributed by atoms with Crippen molar-refractivity contribution in [3.63, 3.8) is 0 Å². The predicted octanol–water partition coefficient (Wildman–Crippen LogP) is 2.35. The zero-order chi connectivity index (χ0) is 13.4. The second kappa shape index (κ2) is 7.29. The Labute approximate surface area is 105 Å².